The molecule has 0 amide bonds. The Morgan fingerprint density at radius 1 is 0.242 bits per heavy atom. The summed E-state index contributed by atoms with van der Waals surface area (Å²) in [7, 11) is 0. The first-order valence-corrected chi connectivity index (χ1v) is 21.9. The van der Waals surface area contributed by atoms with Crippen LogP contribution in [0.15, 0.2) is 228 Å². The van der Waals surface area contributed by atoms with Gasteiger partial charge in [0.15, 0.2) is 0 Å². The largest absolute Gasteiger partial charge is 0.256 e. The number of halogens is 2. The monoisotopic (exact) mass is 922 g/mol. The lowest BCUT2D eigenvalue weighted by atomic mass is 9.86. The zero-order valence-corrected chi connectivity index (χ0v) is 36.5. The Morgan fingerprint density at radius 2 is 0.597 bits per heavy atom. The van der Waals surface area contributed by atoms with Crippen LogP contribution in [0, 0.1) is 0 Å². The Morgan fingerprint density at radius 3 is 0.984 bits per heavy atom. The lowest BCUT2D eigenvalue weighted by Crippen LogP contribution is -1.93. The molecule has 6 heteroatoms. The lowest BCUT2D eigenvalue weighted by Gasteiger charge is -2.19. The molecule has 4 heterocycles. The third-order valence-corrected chi connectivity index (χ3v) is 12.4. The van der Waals surface area contributed by atoms with Crippen LogP contribution in [0.25, 0.3) is 101 Å². The van der Waals surface area contributed by atoms with Gasteiger partial charge in [0.1, 0.15) is 0 Å². The zero-order chi connectivity index (χ0) is 41.8. The molecule has 0 N–H and O–H groups in total. The minimum absolute atomic E-state index is 0.836. The molecular formula is C56H36Br2N4. The van der Waals surface area contributed by atoms with Crippen LogP contribution < -0.4 is 0 Å². The lowest BCUT2D eigenvalue weighted by molar-refractivity contribution is 1.25. The molecular weight excluding hydrogens is 888 g/mol. The third-order valence-electron chi connectivity index (χ3n) is 11.1. The normalized spacial score (nSPS) is 11.1. The van der Waals surface area contributed by atoms with E-state index in [1.54, 1.807) is 6.20 Å². The minimum atomic E-state index is 0.836. The standard InChI is InChI=1S/C56H36Br2N4/c57-51-34-37(53-19-7-10-28-59-53)22-25-49(51)47-17-5-3-15-45(47)41-31-40(44-14-2-1-13-43(44)39-24-27-56(62-36-39)55-21-9-12-30-61-55)32-42(33-41)46-16-4-6-18-48(46)50-26-23-38(35-52(50)58)54-20-8-11-29-60-54/h1-36H. The number of hydrogen-bond donors (Lipinski definition) is 0. The molecule has 0 aliphatic carbocycles. The van der Waals surface area contributed by atoms with E-state index in [4.69, 9.17) is 4.98 Å². The van der Waals surface area contributed by atoms with Crippen molar-refractivity contribution in [2.45, 2.75) is 0 Å². The highest BCUT2D eigenvalue weighted by atomic mass is 79.9. The van der Waals surface area contributed by atoms with Crippen molar-refractivity contribution in [3.63, 3.8) is 0 Å². The molecule has 0 saturated carbocycles. The van der Waals surface area contributed by atoms with E-state index < -0.39 is 0 Å². The predicted octanol–water partition coefficient (Wildman–Crippen LogP) is 15.8. The van der Waals surface area contributed by atoms with Gasteiger partial charge in [0.25, 0.3) is 0 Å². The Hall–Kier alpha value is -7.12. The van der Waals surface area contributed by atoms with Crippen LogP contribution in [0.1, 0.15) is 0 Å². The van der Waals surface area contributed by atoms with Gasteiger partial charge >= 0.3 is 0 Å². The topological polar surface area (TPSA) is 51.6 Å². The second kappa shape index (κ2) is 17.5. The summed E-state index contributed by atoms with van der Waals surface area (Å²) in [6, 6.07) is 68.0. The smallest absolute Gasteiger partial charge is 0.0886 e. The number of benzene rings is 6. The molecule has 0 aliphatic rings. The zero-order valence-electron chi connectivity index (χ0n) is 33.3. The van der Waals surface area contributed by atoms with E-state index in [-0.39, 0.29) is 0 Å². The van der Waals surface area contributed by atoms with Crippen LogP contribution in [0.5, 0.6) is 0 Å². The minimum Gasteiger partial charge on any atom is -0.256 e. The van der Waals surface area contributed by atoms with Gasteiger partial charge in [-0.25, -0.2) is 0 Å². The van der Waals surface area contributed by atoms with Crippen molar-refractivity contribution in [1.29, 1.82) is 0 Å². The molecule has 0 saturated heterocycles. The Balaban J connectivity index is 1.14. The van der Waals surface area contributed by atoms with Gasteiger partial charge in [-0.1, -0.05) is 153 Å². The molecule has 0 bridgehead atoms. The summed E-state index contributed by atoms with van der Waals surface area (Å²) in [4.78, 5) is 18.6. The van der Waals surface area contributed by atoms with E-state index in [2.05, 4.69) is 186 Å². The molecule has 0 spiro atoms. The molecule has 10 aromatic rings. The van der Waals surface area contributed by atoms with Crippen LogP contribution in [0.2, 0.25) is 0 Å². The number of nitrogens with zero attached hydrogens (tertiary/aromatic N) is 4. The second-order valence-corrected chi connectivity index (χ2v) is 16.6. The number of hydrogen-bond acceptors (Lipinski definition) is 4. The van der Waals surface area contributed by atoms with E-state index in [1.807, 2.05) is 73.2 Å². The predicted molar refractivity (Wildman–Crippen MR) is 262 cm³/mol. The first-order chi connectivity index (χ1) is 30.6. The summed E-state index contributed by atoms with van der Waals surface area (Å²) in [5.41, 5.74) is 18.9. The first kappa shape index (κ1) is 39.0. The highest BCUT2D eigenvalue weighted by molar-refractivity contribution is 9.11. The highest BCUT2D eigenvalue weighted by Crippen LogP contribution is 2.44. The van der Waals surface area contributed by atoms with E-state index in [0.29, 0.717) is 0 Å². The summed E-state index contributed by atoms with van der Waals surface area (Å²) in [6.45, 7) is 0. The molecule has 0 aliphatic heterocycles. The molecule has 6 aromatic carbocycles. The summed E-state index contributed by atoms with van der Waals surface area (Å²) in [5.74, 6) is 0. The number of rotatable bonds is 9. The van der Waals surface area contributed by atoms with E-state index in [9.17, 15) is 0 Å². The van der Waals surface area contributed by atoms with Crippen LogP contribution >= 0.6 is 31.9 Å². The van der Waals surface area contributed by atoms with Gasteiger partial charge in [0.05, 0.1) is 22.8 Å². The maximum absolute atomic E-state index is 4.87. The Bertz CT molecular complexity index is 3040. The van der Waals surface area contributed by atoms with Gasteiger partial charge in [-0.05, 0) is 134 Å². The van der Waals surface area contributed by atoms with Crippen molar-refractivity contribution in [1.82, 2.24) is 19.9 Å². The van der Waals surface area contributed by atoms with Gasteiger partial charge < -0.3 is 0 Å². The molecule has 0 fully saturated rings. The van der Waals surface area contributed by atoms with Crippen LogP contribution in [0.4, 0.5) is 0 Å². The van der Waals surface area contributed by atoms with Crippen molar-refractivity contribution < 1.29 is 0 Å². The van der Waals surface area contributed by atoms with Crippen molar-refractivity contribution in [3.8, 4) is 101 Å². The van der Waals surface area contributed by atoms with Gasteiger partial charge in [-0.3, -0.25) is 19.9 Å². The van der Waals surface area contributed by atoms with E-state index >= 15 is 0 Å². The van der Waals surface area contributed by atoms with Gasteiger partial charge in [-0.15, -0.1) is 0 Å². The Kier molecular flexibility index (Phi) is 11.0. The summed E-state index contributed by atoms with van der Waals surface area (Å²) in [5, 5.41) is 0. The second-order valence-electron chi connectivity index (χ2n) is 14.9. The highest BCUT2D eigenvalue weighted by Gasteiger charge is 2.18. The molecule has 0 unspecified atom stereocenters. The summed E-state index contributed by atoms with van der Waals surface area (Å²) < 4.78 is 2.00. The number of pyridine rings is 4. The molecule has 4 aromatic heterocycles. The van der Waals surface area contributed by atoms with Crippen molar-refractivity contribution in [2.75, 3.05) is 0 Å². The van der Waals surface area contributed by atoms with E-state index in [1.165, 1.54) is 0 Å². The maximum Gasteiger partial charge on any atom is 0.0886 e. The average molecular weight is 925 g/mol. The van der Waals surface area contributed by atoms with Crippen LogP contribution in [-0.2, 0) is 0 Å². The Labute approximate surface area is 378 Å². The summed E-state index contributed by atoms with van der Waals surface area (Å²) >= 11 is 7.92. The first-order valence-electron chi connectivity index (χ1n) is 20.3. The van der Waals surface area contributed by atoms with E-state index in [0.717, 1.165) is 110 Å². The molecule has 0 atom stereocenters. The molecule has 0 radical (unpaired) electrons. The molecule has 62 heavy (non-hydrogen) atoms. The quantitative estimate of drug-likeness (QED) is 0.145. The molecule has 4 nitrogen and oxygen atoms in total. The fourth-order valence-corrected chi connectivity index (χ4v) is 9.28. The molecule has 294 valence electrons. The van der Waals surface area contributed by atoms with Crippen molar-refractivity contribution >= 4 is 31.9 Å². The van der Waals surface area contributed by atoms with Crippen LogP contribution in [0.3, 0.4) is 0 Å². The van der Waals surface area contributed by atoms with Gasteiger partial charge in [0, 0.05) is 50.4 Å². The fraction of sp³-hybridized carbons (Fsp3) is 0. The third kappa shape index (κ3) is 7.94. The summed E-state index contributed by atoms with van der Waals surface area (Å²) in [6.07, 6.45) is 7.41. The average Bonchev–Trinajstić information content (AvgIpc) is 3.35. The number of aromatic nitrogens is 4. The van der Waals surface area contributed by atoms with Crippen molar-refractivity contribution in [2.24, 2.45) is 0 Å². The van der Waals surface area contributed by atoms with Crippen LogP contribution in [-0.4, -0.2) is 19.9 Å². The maximum atomic E-state index is 4.87. The van der Waals surface area contributed by atoms with Gasteiger partial charge in [-0.2, -0.15) is 0 Å². The van der Waals surface area contributed by atoms with Crippen molar-refractivity contribution in [3.05, 3.63) is 228 Å². The SMILES string of the molecule is Brc1cc(-c2ccccn2)ccc1-c1ccccc1-c1cc(-c2ccccc2-c2ccc(-c3ccccn3)nc2)cc(-c2ccccc2-c2ccc(-c3ccccn3)cc2Br)c1. The molecule has 10 rings (SSSR count). The fourth-order valence-electron chi connectivity index (χ4n) is 8.09. The van der Waals surface area contributed by atoms with Gasteiger partial charge in [0.2, 0.25) is 0 Å².